The molecule has 0 atom stereocenters. The van der Waals surface area contributed by atoms with E-state index in [1.807, 2.05) is 0 Å². The quantitative estimate of drug-likeness (QED) is 0.0681. The molecule has 0 unspecified atom stereocenters. The Balaban J connectivity index is 4.24. The molecule has 0 radical (unpaired) electrons. The van der Waals surface area contributed by atoms with Crippen molar-refractivity contribution in [3.05, 3.63) is 24.3 Å². The lowest BCUT2D eigenvalue weighted by Crippen LogP contribution is -2.51. The molecule has 0 bridgehead atoms. The number of nitrogens with zero attached hydrogens (tertiary/aromatic N) is 1. The summed E-state index contributed by atoms with van der Waals surface area (Å²) in [6.45, 7) is 22.6. The van der Waals surface area contributed by atoms with Crippen LogP contribution < -0.4 is 0 Å². The van der Waals surface area contributed by atoms with E-state index in [0.717, 1.165) is 13.1 Å². The molecule has 0 aliphatic rings. The average Bonchev–Trinajstić information content (AvgIpc) is 2.75. The highest BCUT2D eigenvalue weighted by atomic mass is 15.3. The van der Waals surface area contributed by atoms with Crippen LogP contribution in [0, 0.1) is 0 Å². The smallest absolute Gasteiger partial charge is 0.100 e. The first-order valence-electron chi connectivity index (χ1n) is 15.1. The summed E-state index contributed by atoms with van der Waals surface area (Å²) in [4.78, 5) is 0. The molecule has 33 heavy (non-hydrogen) atoms. The highest BCUT2D eigenvalue weighted by molar-refractivity contribution is 4.92. The van der Waals surface area contributed by atoms with Gasteiger partial charge in [-0.05, 0) is 50.7 Å². The van der Waals surface area contributed by atoms with Gasteiger partial charge in [-0.3, -0.25) is 0 Å². The Hall–Kier alpha value is -0.560. The zero-order valence-corrected chi connectivity index (χ0v) is 23.8. The van der Waals surface area contributed by atoms with Crippen molar-refractivity contribution >= 4 is 0 Å². The summed E-state index contributed by atoms with van der Waals surface area (Å²) in [6.07, 6.45) is 28.4. The molecule has 0 aromatic heterocycles. The summed E-state index contributed by atoms with van der Waals surface area (Å²) in [6, 6.07) is 0. The normalized spacial score (nSPS) is 11.8. The molecule has 0 aromatic rings. The number of hydrogen-bond donors (Lipinski definition) is 0. The number of rotatable bonds is 26. The van der Waals surface area contributed by atoms with Gasteiger partial charge in [0.15, 0.2) is 0 Å². The van der Waals surface area contributed by atoms with Crippen molar-refractivity contribution in [1.29, 1.82) is 0 Å². The monoisotopic (exact) mass is 463 g/mol. The zero-order valence-electron chi connectivity index (χ0n) is 23.8. The molecule has 0 amide bonds. The number of hydrogen-bond acceptors (Lipinski definition) is 0. The molecule has 0 fully saturated rings. The molecule has 0 aliphatic carbocycles. The van der Waals surface area contributed by atoms with Gasteiger partial charge in [0.05, 0.1) is 13.1 Å². The first-order chi connectivity index (χ1) is 16.0. The maximum atomic E-state index is 4.30. The summed E-state index contributed by atoms with van der Waals surface area (Å²) in [5.74, 6) is 0. The molecular formula is C32H64N+. The predicted octanol–water partition coefficient (Wildman–Crippen LogP) is 10.8. The van der Waals surface area contributed by atoms with Crippen molar-refractivity contribution < 1.29 is 4.48 Å². The number of quaternary nitrogens is 1. The van der Waals surface area contributed by atoms with Crippen molar-refractivity contribution in [2.24, 2.45) is 0 Å². The van der Waals surface area contributed by atoms with E-state index in [2.05, 4.69) is 40.9 Å². The lowest BCUT2D eigenvalue weighted by atomic mass is 10.0. The van der Waals surface area contributed by atoms with Crippen molar-refractivity contribution in [1.82, 2.24) is 0 Å². The summed E-state index contributed by atoms with van der Waals surface area (Å²) >= 11 is 0. The summed E-state index contributed by atoms with van der Waals surface area (Å²) in [5, 5.41) is 0. The van der Waals surface area contributed by atoms with Gasteiger partial charge in [-0.1, -0.05) is 130 Å². The highest BCUT2D eigenvalue weighted by Gasteiger charge is 2.26. The van der Waals surface area contributed by atoms with Crippen LogP contribution in [0.5, 0.6) is 0 Å². The lowest BCUT2D eigenvalue weighted by molar-refractivity contribution is -0.920. The van der Waals surface area contributed by atoms with Gasteiger partial charge < -0.3 is 4.48 Å². The Morgan fingerprint density at radius 3 is 0.909 bits per heavy atom. The third kappa shape index (κ3) is 21.7. The van der Waals surface area contributed by atoms with Crippen LogP contribution in [0.15, 0.2) is 24.3 Å². The van der Waals surface area contributed by atoms with E-state index >= 15 is 0 Å². The molecule has 0 aliphatic heterocycles. The fourth-order valence-corrected chi connectivity index (χ4v) is 5.50. The molecule has 0 N–H and O–H groups in total. The van der Waals surface area contributed by atoms with Crippen molar-refractivity contribution in [2.75, 3.05) is 26.2 Å². The van der Waals surface area contributed by atoms with Crippen LogP contribution in [0.1, 0.15) is 156 Å². The first-order valence-corrected chi connectivity index (χ1v) is 15.1. The standard InChI is InChI=1S/C32H64N/c1-7-9-11-13-15-17-19-21-23-25-27-33(29-31(3)4,30-32(5)6)28-26-24-22-20-18-16-14-12-10-8-2/h3,5,7-30H2,1-2,4,6H3/q+1. The van der Waals surface area contributed by atoms with Crippen LogP contribution in [0.25, 0.3) is 0 Å². The second kappa shape index (κ2) is 23.2. The third-order valence-corrected chi connectivity index (χ3v) is 7.18. The van der Waals surface area contributed by atoms with Gasteiger partial charge in [0, 0.05) is 0 Å². The summed E-state index contributed by atoms with van der Waals surface area (Å²) in [7, 11) is 0. The van der Waals surface area contributed by atoms with Crippen LogP contribution in [0.2, 0.25) is 0 Å². The van der Waals surface area contributed by atoms with Crippen LogP contribution in [0.3, 0.4) is 0 Å². The van der Waals surface area contributed by atoms with Gasteiger partial charge >= 0.3 is 0 Å². The average molecular weight is 463 g/mol. The van der Waals surface area contributed by atoms with Gasteiger partial charge in [0.25, 0.3) is 0 Å². The van der Waals surface area contributed by atoms with Gasteiger partial charge in [-0.2, -0.15) is 0 Å². The molecule has 0 heterocycles. The van der Waals surface area contributed by atoms with E-state index < -0.39 is 0 Å². The molecule has 0 rings (SSSR count). The molecule has 1 heteroatoms. The van der Waals surface area contributed by atoms with Crippen molar-refractivity contribution in [3.8, 4) is 0 Å². The lowest BCUT2D eigenvalue weighted by Gasteiger charge is -2.39. The van der Waals surface area contributed by atoms with E-state index in [0.29, 0.717) is 0 Å². The van der Waals surface area contributed by atoms with Crippen LogP contribution in [-0.4, -0.2) is 30.7 Å². The van der Waals surface area contributed by atoms with E-state index in [9.17, 15) is 0 Å². The highest BCUT2D eigenvalue weighted by Crippen LogP contribution is 2.20. The Morgan fingerprint density at radius 1 is 0.424 bits per heavy atom. The second-order valence-electron chi connectivity index (χ2n) is 11.4. The van der Waals surface area contributed by atoms with E-state index in [4.69, 9.17) is 0 Å². The van der Waals surface area contributed by atoms with Crippen LogP contribution >= 0.6 is 0 Å². The van der Waals surface area contributed by atoms with E-state index in [1.165, 1.54) is 157 Å². The van der Waals surface area contributed by atoms with Crippen LogP contribution in [0.4, 0.5) is 0 Å². The molecule has 1 nitrogen and oxygen atoms in total. The maximum absolute atomic E-state index is 4.30. The summed E-state index contributed by atoms with van der Waals surface area (Å²) < 4.78 is 1.21. The third-order valence-electron chi connectivity index (χ3n) is 7.18. The van der Waals surface area contributed by atoms with Gasteiger partial charge in [0.1, 0.15) is 13.1 Å². The summed E-state index contributed by atoms with van der Waals surface area (Å²) in [5.41, 5.74) is 2.69. The molecule has 0 spiro atoms. The topological polar surface area (TPSA) is 0 Å². The molecule has 0 saturated heterocycles. The Labute approximate surface area is 211 Å². The minimum Gasteiger partial charge on any atom is -0.317 e. The van der Waals surface area contributed by atoms with E-state index in [-0.39, 0.29) is 0 Å². The minimum absolute atomic E-state index is 1.14. The molecule has 0 aromatic carbocycles. The van der Waals surface area contributed by atoms with Crippen LogP contribution in [-0.2, 0) is 0 Å². The second-order valence-corrected chi connectivity index (χ2v) is 11.4. The van der Waals surface area contributed by atoms with Gasteiger partial charge in [0.2, 0.25) is 0 Å². The zero-order chi connectivity index (χ0) is 24.6. The molecular weight excluding hydrogens is 398 g/mol. The Morgan fingerprint density at radius 2 is 0.667 bits per heavy atom. The van der Waals surface area contributed by atoms with E-state index in [1.54, 1.807) is 0 Å². The predicted molar refractivity (Wildman–Crippen MR) is 153 cm³/mol. The van der Waals surface area contributed by atoms with Gasteiger partial charge in [-0.25, -0.2) is 0 Å². The Bertz CT molecular complexity index is 407. The van der Waals surface area contributed by atoms with Crippen molar-refractivity contribution in [2.45, 2.75) is 156 Å². The number of unbranched alkanes of at least 4 members (excludes halogenated alkanes) is 18. The fourth-order valence-electron chi connectivity index (χ4n) is 5.50. The first kappa shape index (κ1) is 32.4. The van der Waals surface area contributed by atoms with Gasteiger partial charge in [-0.15, -0.1) is 0 Å². The molecule has 0 saturated carbocycles. The molecule has 196 valence electrons. The fraction of sp³-hybridized carbons (Fsp3) is 0.875. The maximum Gasteiger partial charge on any atom is 0.100 e. The minimum atomic E-state index is 1.14. The Kier molecular flexibility index (Phi) is 22.8. The SMILES string of the molecule is C=C(C)C[N+](CCCCCCCCCCCC)(CCCCCCCCCCCC)CC(=C)C. The van der Waals surface area contributed by atoms with Crippen molar-refractivity contribution in [3.63, 3.8) is 0 Å². The largest absolute Gasteiger partial charge is 0.317 e.